The van der Waals surface area contributed by atoms with Crippen molar-refractivity contribution in [2.24, 2.45) is 0 Å². The molecule has 1 atom stereocenters. The van der Waals surface area contributed by atoms with Gasteiger partial charge in [0.2, 0.25) is 0 Å². The third-order valence-electron chi connectivity index (χ3n) is 2.57. The van der Waals surface area contributed by atoms with E-state index < -0.39 is 11.8 Å². The van der Waals surface area contributed by atoms with E-state index in [4.69, 9.17) is 0 Å². The summed E-state index contributed by atoms with van der Waals surface area (Å²) in [6.45, 7) is 0.777. The maximum Gasteiger partial charge on any atom is 0.421 e. The Hall–Kier alpha value is -1.07. The van der Waals surface area contributed by atoms with Crippen molar-refractivity contribution in [3.8, 4) is 0 Å². The minimum Gasteiger partial charge on any atom is -0.376 e. The van der Waals surface area contributed by atoms with Crippen LogP contribution in [0, 0.1) is 0 Å². The Morgan fingerprint density at radius 1 is 1.19 bits per heavy atom. The van der Waals surface area contributed by atoms with Crippen LogP contribution >= 0.6 is 11.3 Å². The van der Waals surface area contributed by atoms with Crippen molar-refractivity contribution < 1.29 is 18.3 Å². The van der Waals surface area contributed by atoms with E-state index in [1.807, 2.05) is 0 Å². The van der Waals surface area contributed by atoms with Crippen LogP contribution in [0.4, 0.5) is 13.2 Å². The fraction of sp³-hybridized carbons (Fsp3) is 0.273. The fourth-order valence-electron chi connectivity index (χ4n) is 1.57. The van der Waals surface area contributed by atoms with Gasteiger partial charge in [0.15, 0.2) is 5.60 Å². The molecule has 1 nitrogen and oxygen atoms in total. The summed E-state index contributed by atoms with van der Waals surface area (Å²) in [5.74, 6) is 0. The summed E-state index contributed by atoms with van der Waals surface area (Å²) in [4.78, 5) is 0. The molecule has 1 unspecified atom stereocenters. The topological polar surface area (TPSA) is 20.2 Å². The Kier molecular flexibility index (Phi) is 2.47. The first-order valence-corrected chi connectivity index (χ1v) is 5.48. The second kappa shape index (κ2) is 3.46. The van der Waals surface area contributed by atoms with Crippen molar-refractivity contribution in [2.45, 2.75) is 18.7 Å². The highest BCUT2D eigenvalue weighted by atomic mass is 32.1. The van der Waals surface area contributed by atoms with E-state index in [9.17, 15) is 18.3 Å². The van der Waals surface area contributed by atoms with Gasteiger partial charge < -0.3 is 5.11 Å². The Labute approximate surface area is 94.1 Å². The summed E-state index contributed by atoms with van der Waals surface area (Å²) >= 11 is 1.35. The van der Waals surface area contributed by atoms with Crippen molar-refractivity contribution in [3.05, 3.63) is 35.2 Å². The van der Waals surface area contributed by atoms with Crippen molar-refractivity contribution in [2.75, 3.05) is 0 Å². The average molecular weight is 246 g/mol. The zero-order chi connectivity index (χ0) is 12.0. The third kappa shape index (κ3) is 1.60. The van der Waals surface area contributed by atoms with Gasteiger partial charge in [0.25, 0.3) is 0 Å². The molecule has 0 aliphatic rings. The van der Waals surface area contributed by atoms with Gasteiger partial charge in [-0.15, -0.1) is 11.3 Å². The number of fused-ring (bicyclic) bond motifs is 1. The van der Waals surface area contributed by atoms with Crippen LogP contribution in [-0.4, -0.2) is 11.3 Å². The number of alkyl halides is 3. The fourth-order valence-corrected chi connectivity index (χ4v) is 2.38. The SMILES string of the molecule is CC(O)(c1cccc2sccc12)C(F)(F)F. The number of aliphatic hydroxyl groups is 1. The molecule has 0 aliphatic carbocycles. The molecule has 0 amide bonds. The van der Waals surface area contributed by atoms with Gasteiger partial charge in [-0.05, 0) is 29.8 Å². The summed E-state index contributed by atoms with van der Waals surface area (Å²) in [7, 11) is 0. The molecule has 1 N–H and O–H groups in total. The lowest BCUT2D eigenvalue weighted by Gasteiger charge is -2.27. The van der Waals surface area contributed by atoms with Crippen molar-refractivity contribution in [3.63, 3.8) is 0 Å². The first-order valence-electron chi connectivity index (χ1n) is 4.60. The van der Waals surface area contributed by atoms with Gasteiger partial charge in [-0.25, -0.2) is 0 Å². The molecular formula is C11H9F3OS. The first-order chi connectivity index (χ1) is 7.34. The van der Waals surface area contributed by atoms with Crippen molar-refractivity contribution >= 4 is 21.4 Å². The quantitative estimate of drug-likeness (QED) is 0.814. The molecule has 2 rings (SSSR count). The Morgan fingerprint density at radius 2 is 1.88 bits per heavy atom. The summed E-state index contributed by atoms with van der Waals surface area (Å²) in [6.07, 6.45) is -4.68. The maximum atomic E-state index is 12.7. The second-order valence-corrected chi connectivity index (χ2v) is 4.66. The van der Waals surface area contributed by atoms with Crippen LogP contribution in [0.2, 0.25) is 0 Å². The zero-order valence-corrected chi connectivity index (χ0v) is 9.19. The smallest absolute Gasteiger partial charge is 0.376 e. The molecule has 0 radical (unpaired) electrons. The van der Waals surface area contributed by atoms with Crippen LogP contribution in [0.1, 0.15) is 12.5 Å². The number of thiophene rings is 1. The molecule has 0 spiro atoms. The molecule has 2 aromatic rings. The molecule has 0 aliphatic heterocycles. The molecule has 86 valence electrons. The van der Waals surface area contributed by atoms with E-state index in [0.717, 1.165) is 11.6 Å². The van der Waals surface area contributed by atoms with Crippen LogP contribution < -0.4 is 0 Å². The van der Waals surface area contributed by atoms with E-state index in [1.165, 1.54) is 23.5 Å². The van der Waals surface area contributed by atoms with Crippen LogP contribution in [-0.2, 0) is 5.60 Å². The Bertz CT molecular complexity index is 513. The van der Waals surface area contributed by atoms with Gasteiger partial charge in [-0.3, -0.25) is 0 Å². The molecule has 5 heteroatoms. The molecule has 1 aromatic heterocycles. The lowest BCUT2D eigenvalue weighted by Crippen LogP contribution is -2.39. The standard InChI is InChI=1S/C11H9F3OS/c1-10(15,11(12,13)14)8-3-2-4-9-7(8)5-6-16-9/h2-6,15H,1H3. The highest BCUT2D eigenvalue weighted by molar-refractivity contribution is 7.17. The molecule has 1 heterocycles. The highest BCUT2D eigenvalue weighted by Crippen LogP contribution is 2.41. The molecule has 1 aromatic carbocycles. The summed E-state index contributed by atoms with van der Waals surface area (Å²) in [6, 6.07) is 6.16. The molecular weight excluding hydrogens is 237 g/mol. The van der Waals surface area contributed by atoms with Crippen molar-refractivity contribution in [1.82, 2.24) is 0 Å². The molecule has 0 fully saturated rings. The van der Waals surface area contributed by atoms with Crippen LogP contribution in [0.5, 0.6) is 0 Å². The maximum absolute atomic E-state index is 12.7. The number of hydrogen-bond acceptors (Lipinski definition) is 2. The van der Waals surface area contributed by atoms with Crippen molar-refractivity contribution in [1.29, 1.82) is 0 Å². The van der Waals surface area contributed by atoms with Crippen LogP contribution in [0.15, 0.2) is 29.6 Å². The van der Waals surface area contributed by atoms with E-state index in [-0.39, 0.29) is 5.56 Å². The largest absolute Gasteiger partial charge is 0.421 e. The van der Waals surface area contributed by atoms with E-state index in [1.54, 1.807) is 17.5 Å². The monoisotopic (exact) mass is 246 g/mol. The zero-order valence-electron chi connectivity index (χ0n) is 8.38. The normalized spacial score (nSPS) is 16.3. The predicted octanol–water partition coefficient (Wildman–Crippen LogP) is 3.67. The minimum absolute atomic E-state index is 0.0984. The number of halogens is 3. The van der Waals surface area contributed by atoms with Gasteiger partial charge in [-0.1, -0.05) is 12.1 Å². The highest BCUT2D eigenvalue weighted by Gasteiger charge is 2.51. The van der Waals surface area contributed by atoms with Gasteiger partial charge >= 0.3 is 6.18 Å². The van der Waals surface area contributed by atoms with E-state index >= 15 is 0 Å². The van der Waals surface area contributed by atoms with E-state index in [2.05, 4.69) is 0 Å². The summed E-state index contributed by atoms with van der Waals surface area (Å²) in [5, 5.41) is 11.8. The predicted molar refractivity (Wildman–Crippen MR) is 57.5 cm³/mol. The molecule has 0 saturated carbocycles. The minimum atomic E-state index is -4.68. The van der Waals surface area contributed by atoms with Gasteiger partial charge in [0.05, 0.1) is 0 Å². The Morgan fingerprint density at radius 3 is 2.50 bits per heavy atom. The molecule has 0 bridgehead atoms. The molecule has 0 saturated heterocycles. The lowest BCUT2D eigenvalue weighted by atomic mass is 9.93. The average Bonchev–Trinajstić information content (AvgIpc) is 2.62. The number of benzene rings is 1. The summed E-state index contributed by atoms with van der Waals surface area (Å²) < 4.78 is 38.9. The van der Waals surface area contributed by atoms with Gasteiger partial charge in [0, 0.05) is 10.3 Å². The van der Waals surface area contributed by atoms with Gasteiger partial charge in [-0.2, -0.15) is 13.2 Å². The van der Waals surface area contributed by atoms with Crippen LogP contribution in [0.25, 0.3) is 10.1 Å². The first kappa shape index (κ1) is 11.4. The second-order valence-electron chi connectivity index (χ2n) is 3.71. The Balaban J connectivity index is 2.68. The number of hydrogen-bond donors (Lipinski definition) is 1. The number of rotatable bonds is 1. The van der Waals surface area contributed by atoms with Crippen LogP contribution in [0.3, 0.4) is 0 Å². The molecule has 16 heavy (non-hydrogen) atoms. The van der Waals surface area contributed by atoms with E-state index in [0.29, 0.717) is 5.39 Å². The van der Waals surface area contributed by atoms with Gasteiger partial charge in [0.1, 0.15) is 0 Å². The summed E-state index contributed by atoms with van der Waals surface area (Å²) in [5.41, 5.74) is -2.91. The lowest BCUT2D eigenvalue weighted by molar-refractivity contribution is -0.258. The third-order valence-corrected chi connectivity index (χ3v) is 3.45.